The molecule has 110 valence electrons. The van der Waals surface area contributed by atoms with Crippen LogP contribution < -0.4 is 0 Å². The second-order valence-electron chi connectivity index (χ2n) is 5.23. The predicted octanol–water partition coefficient (Wildman–Crippen LogP) is 1.84. The average Bonchev–Trinajstić information content (AvgIpc) is 3.29. The number of hydrogen-bond donors (Lipinski definition) is 0. The largest absolute Gasteiger partial charge is 0.383 e. The Morgan fingerprint density at radius 1 is 1.10 bits per heavy atom. The maximum atomic E-state index is 12.9. The third-order valence-corrected chi connectivity index (χ3v) is 3.90. The standard InChI is InChI=1S/C16H23NO3/c1-19-12-10-17(11-13-20-2)15(18)16(8-9-16)14-6-4-3-5-7-14/h3-7H,8-13H2,1-2H3. The smallest absolute Gasteiger partial charge is 0.233 e. The number of carbonyl (C=O) groups excluding carboxylic acids is 1. The van der Waals surface area contributed by atoms with E-state index in [9.17, 15) is 4.79 Å². The summed E-state index contributed by atoms with van der Waals surface area (Å²) >= 11 is 0. The Hall–Kier alpha value is -1.39. The minimum Gasteiger partial charge on any atom is -0.383 e. The van der Waals surface area contributed by atoms with Gasteiger partial charge in [-0.3, -0.25) is 4.79 Å². The van der Waals surface area contributed by atoms with Crippen molar-refractivity contribution in [3.05, 3.63) is 35.9 Å². The zero-order valence-electron chi connectivity index (χ0n) is 12.3. The van der Waals surface area contributed by atoms with E-state index in [1.54, 1.807) is 14.2 Å². The summed E-state index contributed by atoms with van der Waals surface area (Å²) in [6.45, 7) is 2.35. The van der Waals surface area contributed by atoms with Crippen molar-refractivity contribution in [1.82, 2.24) is 4.90 Å². The van der Waals surface area contributed by atoms with Crippen LogP contribution in [0.5, 0.6) is 0 Å². The molecule has 0 aliphatic heterocycles. The van der Waals surface area contributed by atoms with Gasteiger partial charge >= 0.3 is 0 Å². The molecule has 1 fully saturated rings. The highest BCUT2D eigenvalue weighted by Crippen LogP contribution is 2.49. The van der Waals surface area contributed by atoms with Gasteiger partial charge in [0.1, 0.15) is 0 Å². The molecule has 1 saturated carbocycles. The molecule has 2 rings (SSSR count). The van der Waals surface area contributed by atoms with Gasteiger partial charge in [-0.05, 0) is 18.4 Å². The number of nitrogens with zero attached hydrogens (tertiary/aromatic N) is 1. The third kappa shape index (κ3) is 3.19. The zero-order chi connectivity index (χ0) is 14.4. The van der Waals surface area contributed by atoms with E-state index in [0.29, 0.717) is 26.3 Å². The number of hydrogen-bond acceptors (Lipinski definition) is 3. The topological polar surface area (TPSA) is 38.8 Å². The van der Waals surface area contributed by atoms with Gasteiger partial charge in [0.05, 0.1) is 18.6 Å². The van der Waals surface area contributed by atoms with Crippen molar-refractivity contribution >= 4 is 5.91 Å². The van der Waals surface area contributed by atoms with Crippen molar-refractivity contribution in [2.75, 3.05) is 40.5 Å². The van der Waals surface area contributed by atoms with Gasteiger partial charge in [0, 0.05) is 27.3 Å². The second kappa shape index (κ2) is 6.86. The molecule has 1 aromatic rings. The minimum absolute atomic E-state index is 0.206. The van der Waals surface area contributed by atoms with Crippen molar-refractivity contribution in [2.24, 2.45) is 0 Å². The first-order valence-electron chi connectivity index (χ1n) is 7.07. The molecule has 4 heteroatoms. The van der Waals surface area contributed by atoms with Crippen LogP contribution >= 0.6 is 0 Å². The maximum Gasteiger partial charge on any atom is 0.233 e. The van der Waals surface area contributed by atoms with Crippen LogP contribution in [0.15, 0.2) is 30.3 Å². The van der Waals surface area contributed by atoms with E-state index in [4.69, 9.17) is 9.47 Å². The van der Waals surface area contributed by atoms with Gasteiger partial charge in [0.25, 0.3) is 0 Å². The highest BCUT2D eigenvalue weighted by molar-refractivity contribution is 5.91. The van der Waals surface area contributed by atoms with Crippen molar-refractivity contribution in [3.63, 3.8) is 0 Å². The molecule has 0 radical (unpaired) electrons. The van der Waals surface area contributed by atoms with Gasteiger partial charge < -0.3 is 14.4 Å². The molecule has 0 aromatic heterocycles. The average molecular weight is 277 g/mol. The van der Waals surface area contributed by atoms with E-state index in [2.05, 4.69) is 12.1 Å². The van der Waals surface area contributed by atoms with Gasteiger partial charge in [-0.1, -0.05) is 30.3 Å². The van der Waals surface area contributed by atoms with Crippen LogP contribution in [0, 0.1) is 0 Å². The Balaban J connectivity index is 2.10. The fourth-order valence-corrected chi connectivity index (χ4v) is 2.53. The summed E-state index contributed by atoms with van der Waals surface area (Å²) in [4.78, 5) is 14.7. The lowest BCUT2D eigenvalue weighted by Gasteiger charge is -2.27. The van der Waals surface area contributed by atoms with Gasteiger partial charge in [0.2, 0.25) is 5.91 Å². The van der Waals surface area contributed by atoms with E-state index >= 15 is 0 Å². The zero-order valence-corrected chi connectivity index (χ0v) is 12.3. The molecule has 0 heterocycles. The lowest BCUT2D eigenvalue weighted by Crippen LogP contribution is -2.42. The molecule has 4 nitrogen and oxygen atoms in total. The maximum absolute atomic E-state index is 12.9. The van der Waals surface area contributed by atoms with Gasteiger partial charge in [-0.25, -0.2) is 0 Å². The van der Waals surface area contributed by atoms with Crippen LogP contribution in [0.4, 0.5) is 0 Å². The Kier molecular flexibility index (Phi) is 5.15. The van der Waals surface area contributed by atoms with Crippen LogP contribution in [0.2, 0.25) is 0 Å². The number of methoxy groups -OCH3 is 2. The van der Waals surface area contributed by atoms with Crippen LogP contribution in [0.25, 0.3) is 0 Å². The molecule has 1 aliphatic rings. The van der Waals surface area contributed by atoms with E-state index in [0.717, 1.165) is 18.4 Å². The molecule has 1 amide bonds. The molecule has 0 bridgehead atoms. The molecule has 0 atom stereocenters. The molecular formula is C16H23NO3. The van der Waals surface area contributed by atoms with Crippen molar-refractivity contribution in [1.29, 1.82) is 0 Å². The fourth-order valence-electron chi connectivity index (χ4n) is 2.53. The van der Waals surface area contributed by atoms with E-state index < -0.39 is 0 Å². The first kappa shape index (κ1) is 15.0. The Morgan fingerprint density at radius 3 is 2.10 bits per heavy atom. The molecule has 0 spiro atoms. The van der Waals surface area contributed by atoms with Crippen LogP contribution in [-0.4, -0.2) is 51.3 Å². The molecule has 0 unspecified atom stereocenters. The quantitative estimate of drug-likeness (QED) is 0.728. The molecule has 20 heavy (non-hydrogen) atoms. The van der Waals surface area contributed by atoms with Gasteiger partial charge in [0.15, 0.2) is 0 Å². The third-order valence-electron chi connectivity index (χ3n) is 3.90. The number of carbonyl (C=O) groups is 1. The fraction of sp³-hybridized carbons (Fsp3) is 0.562. The van der Waals surface area contributed by atoms with E-state index in [-0.39, 0.29) is 11.3 Å². The lowest BCUT2D eigenvalue weighted by atomic mass is 9.94. The Bertz CT molecular complexity index is 421. The van der Waals surface area contributed by atoms with Crippen LogP contribution in [0.3, 0.4) is 0 Å². The summed E-state index contributed by atoms with van der Waals surface area (Å²) in [7, 11) is 3.31. The summed E-state index contributed by atoms with van der Waals surface area (Å²) in [6.07, 6.45) is 1.87. The van der Waals surface area contributed by atoms with E-state index in [1.165, 1.54) is 0 Å². The highest BCUT2D eigenvalue weighted by atomic mass is 16.5. The first-order chi connectivity index (χ1) is 9.74. The minimum atomic E-state index is -0.303. The van der Waals surface area contributed by atoms with Gasteiger partial charge in [-0.15, -0.1) is 0 Å². The molecule has 1 aliphatic carbocycles. The van der Waals surface area contributed by atoms with Crippen molar-refractivity contribution < 1.29 is 14.3 Å². The van der Waals surface area contributed by atoms with Crippen LogP contribution in [-0.2, 0) is 19.7 Å². The molecule has 1 aromatic carbocycles. The van der Waals surface area contributed by atoms with Gasteiger partial charge in [-0.2, -0.15) is 0 Å². The molecular weight excluding hydrogens is 254 g/mol. The monoisotopic (exact) mass is 277 g/mol. The molecule has 0 saturated heterocycles. The van der Waals surface area contributed by atoms with Crippen LogP contribution in [0.1, 0.15) is 18.4 Å². The van der Waals surface area contributed by atoms with Crippen molar-refractivity contribution in [2.45, 2.75) is 18.3 Å². The number of ether oxygens (including phenoxy) is 2. The number of rotatable bonds is 8. The lowest BCUT2D eigenvalue weighted by molar-refractivity contribution is -0.135. The summed E-state index contributed by atoms with van der Waals surface area (Å²) in [6, 6.07) is 10.1. The van der Waals surface area contributed by atoms with E-state index in [1.807, 2.05) is 23.1 Å². The molecule has 0 N–H and O–H groups in total. The SMILES string of the molecule is COCCN(CCOC)C(=O)C1(c2ccccc2)CC1. The summed E-state index contributed by atoms with van der Waals surface area (Å²) < 4.78 is 10.2. The summed E-state index contributed by atoms with van der Waals surface area (Å²) in [5, 5.41) is 0. The summed E-state index contributed by atoms with van der Waals surface area (Å²) in [5.41, 5.74) is 0.827. The summed E-state index contributed by atoms with van der Waals surface area (Å²) in [5.74, 6) is 0.206. The predicted molar refractivity (Wildman–Crippen MR) is 77.7 cm³/mol. The number of benzene rings is 1. The Morgan fingerprint density at radius 2 is 1.65 bits per heavy atom. The number of amides is 1. The first-order valence-corrected chi connectivity index (χ1v) is 7.07. The Labute approximate surface area is 120 Å². The highest BCUT2D eigenvalue weighted by Gasteiger charge is 2.52. The second-order valence-corrected chi connectivity index (χ2v) is 5.23. The normalized spacial score (nSPS) is 15.9. The van der Waals surface area contributed by atoms with Crippen molar-refractivity contribution in [3.8, 4) is 0 Å².